The Morgan fingerprint density at radius 1 is 1.27 bits per heavy atom. The lowest BCUT2D eigenvalue weighted by molar-refractivity contribution is -0.117. The second-order valence-electron chi connectivity index (χ2n) is 2.60. The molecule has 7 nitrogen and oxygen atoms in total. The molecule has 15 heavy (non-hydrogen) atoms. The molecule has 0 heterocycles. The maximum atomic E-state index is 10.9. The van der Waals surface area contributed by atoms with Gasteiger partial charge in [0.1, 0.15) is 5.88 Å². The Balaban J connectivity index is 3.61. The van der Waals surface area contributed by atoms with Crippen LogP contribution in [0.15, 0.2) is 0 Å². The molecule has 0 aliphatic carbocycles. The Hall–Kier alpha value is -0.860. The molecular formula is C6H12ClN3O4S. The van der Waals surface area contributed by atoms with E-state index in [0.717, 1.165) is 6.26 Å². The van der Waals surface area contributed by atoms with Gasteiger partial charge < -0.3 is 5.32 Å². The van der Waals surface area contributed by atoms with E-state index in [1.54, 1.807) is 0 Å². The Bertz CT molecular complexity index is 329. The first-order valence-corrected chi connectivity index (χ1v) is 6.36. The van der Waals surface area contributed by atoms with E-state index in [9.17, 15) is 18.0 Å². The van der Waals surface area contributed by atoms with E-state index in [2.05, 4.69) is 10.0 Å². The smallest absolute Gasteiger partial charge is 0.321 e. The molecule has 0 radical (unpaired) electrons. The van der Waals surface area contributed by atoms with Crippen molar-refractivity contribution in [2.45, 2.75) is 0 Å². The number of hydrogen-bond acceptors (Lipinski definition) is 4. The molecule has 9 heteroatoms. The molecule has 3 amide bonds. The summed E-state index contributed by atoms with van der Waals surface area (Å²) >= 11 is 5.13. The highest BCUT2D eigenvalue weighted by molar-refractivity contribution is 7.88. The van der Waals surface area contributed by atoms with E-state index in [0.29, 0.717) is 0 Å². The van der Waals surface area contributed by atoms with Gasteiger partial charge in [0, 0.05) is 13.1 Å². The predicted molar refractivity (Wildman–Crippen MR) is 55.1 cm³/mol. The lowest BCUT2D eigenvalue weighted by Crippen LogP contribution is -2.43. The minimum atomic E-state index is -3.26. The summed E-state index contributed by atoms with van der Waals surface area (Å²) in [4.78, 5) is 21.5. The van der Waals surface area contributed by atoms with Crippen LogP contribution >= 0.6 is 11.6 Å². The highest BCUT2D eigenvalue weighted by Gasteiger charge is 2.05. The largest absolute Gasteiger partial charge is 0.336 e. The lowest BCUT2D eigenvalue weighted by atomic mass is 10.6. The third-order valence-corrected chi connectivity index (χ3v) is 2.12. The van der Waals surface area contributed by atoms with Crippen LogP contribution in [-0.4, -0.2) is 45.6 Å². The van der Waals surface area contributed by atoms with Gasteiger partial charge in [-0.25, -0.2) is 17.9 Å². The summed E-state index contributed by atoms with van der Waals surface area (Å²) in [6, 6.07) is -0.712. The van der Waals surface area contributed by atoms with Gasteiger partial charge in [0.05, 0.1) is 6.26 Å². The number of carbonyl (C=O) groups excluding carboxylic acids is 2. The van der Waals surface area contributed by atoms with E-state index in [4.69, 9.17) is 11.6 Å². The van der Waals surface area contributed by atoms with Crippen LogP contribution in [0.3, 0.4) is 0 Å². The first kappa shape index (κ1) is 14.1. The van der Waals surface area contributed by atoms with E-state index < -0.39 is 22.0 Å². The molecule has 0 aromatic rings. The first-order valence-electron chi connectivity index (χ1n) is 3.93. The van der Waals surface area contributed by atoms with E-state index in [1.165, 1.54) is 0 Å². The number of nitrogens with one attached hydrogen (secondary N) is 3. The van der Waals surface area contributed by atoms with Gasteiger partial charge in [0.2, 0.25) is 15.9 Å². The molecule has 0 bridgehead atoms. The van der Waals surface area contributed by atoms with Crippen molar-refractivity contribution >= 4 is 33.6 Å². The summed E-state index contributed by atoms with van der Waals surface area (Å²) in [6.07, 6.45) is 1.00. The number of rotatable bonds is 5. The summed E-state index contributed by atoms with van der Waals surface area (Å²) in [5.41, 5.74) is 0. The van der Waals surface area contributed by atoms with Gasteiger partial charge in [-0.15, -0.1) is 11.6 Å². The van der Waals surface area contributed by atoms with Crippen LogP contribution in [0.1, 0.15) is 0 Å². The summed E-state index contributed by atoms with van der Waals surface area (Å²) in [7, 11) is -3.26. The van der Waals surface area contributed by atoms with Gasteiger partial charge in [-0.2, -0.15) is 0 Å². The normalized spacial score (nSPS) is 10.8. The lowest BCUT2D eigenvalue weighted by Gasteiger charge is -2.05. The fourth-order valence-corrected chi connectivity index (χ4v) is 1.16. The van der Waals surface area contributed by atoms with Gasteiger partial charge in [-0.05, 0) is 0 Å². The van der Waals surface area contributed by atoms with Crippen molar-refractivity contribution in [1.82, 2.24) is 15.4 Å². The molecule has 0 aliphatic rings. The molecule has 0 atom stereocenters. The highest BCUT2D eigenvalue weighted by atomic mass is 35.5. The molecule has 0 fully saturated rings. The van der Waals surface area contributed by atoms with Crippen LogP contribution in [0.4, 0.5) is 4.79 Å². The number of sulfonamides is 1. The van der Waals surface area contributed by atoms with Crippen molar-refractivity contribution in [3.8, 4) is 0 Å². The molecule has 88 valence electrons. The first-order chi connectivity index (χ1) is 6.85. The second-order valence-corrected chi connectivity index (χ2v) is 4.70. The number of urea groups is 1. The Labute approximate surface area is 92.6 Å². The van der Waals surface area contributed by atoms with Crippen LogP contribution in [0, 0.1) is 0 Å². The van der Waals surface area contributed by atoms with Crippen molar-refractivity contribution in [2.24, 2.45) is 0 Å². The zero-order valence-corrected chi connectivity index (χ0v) is 9.61. The average Bonchev–Trinajstić information content (AvgIpc) is 2.11. The zero-order valence-electron chi connectivity index (χ0n) is 8.04. The van der Waals surface area contributed by atoms with Gasteiger partial charge >= 0.3 is 6.03 Å². The van der Waals surface area contributed by atoms with Crippen molar-refractivity contribution in [3.05, 3.63) is 0 Å². The van der Waals surface area contributed by atoms with Crippen LogP contribution in [0.5, 0.6) is 0 Å². The minimum absolute atomic E-state index is 0.0569. The van der Waals surface area contributed by atoms with Crippen LogP contribution in [0.25, 0.3) is 0 Å². The summed E-state index contributed by atoms with van der Waals surface area (Å²) in [5.74, 6) is -0.931. The Morgan fingerprint density at radius 2 is 1.87 bits per heavy atom. The zero-order chi connectivity index (χ0) is 11.9. The minimum Gasteiger partial charge on any atom is -0.336 e. The number of imide groups is 1. The van der Waals surface area contributed by atoms with Crippen molar-refractivity contribution < 1.29 is 18.0 Å². The third kappa shape index (κ3) is 9.44. The fourth-order valence-electron chi connectivity index (χ4n) is 0.617. The molecule has 3 N–H and O–H groups in total. The number of alkyl halides is 1. The third-order valence-electron chi connectivity index (χ3n) is 1.15. The highest BCUT2D eigenvalue weighted by Crippen LogP contribution is 1.75. The van der Waals surface area contributed by atoms with Crippen LogP contribution in [0.2, 0.25) is 0 Å². The topological polar surface area (TPSA) is 104 Å². The van der Waals surface area contributed by atoms with Gasteiger partial charge in [0.25, 0.3) is 0 Å². The molecule has 0 spiro atoms. The number of amides is 3. The maximum Gasteiger partial charge on any atom is 0.321 e. The SMILES string of the molecule is CS(=O)(=O)NCCNC(=O)NC(=O)CCl. The molecular weight excluding hydrogens is 246 g/mol. The standard InChI is InChI=1S/C6H12ClN3O4S/c1-15(13,14)9-3-2-8-6(12)10-5(11)4-7/h9H,2-4H2,1H3,(H2,8,10,11,12). The summed E-state index contributed by atoms with van der Waals surface area (Å²) in [6.45, 7) is 0.135. The maximum absolute atomic E-state index is 10.9. The Kier molecular flexibility index (Phi) is 6.21. The number of hydrogen-bond donors (Lipinski definition) is 3. The molecule has 0 saturated carbocycles. The van der Waals surface area contributed by atoms with Crippen molar-refractivity contribution in [3.63, 3.8) is 0 Å². The van der Waals surface area contributed by atoms with Gasteiger partial charge in [-0.1, -0.05) is 0 Å². The molecule has 0 saturated heterocycles. The average molecular weight is 258 g/mol. The van der Waals surface area contributed by atoms with Gasteiger partial charge in [-0.3, -0.25) is 10.1 Å². The summed E-state index contributed by atoms with van der Waals surface area (Å²) < 4.78 is 23.3. The number of carbonyl (C=O) groups is 2. The van der Waals surface area contributed by atoms with E-state index in [1.807, 2.05) is 5.32 Å². The van der Waals surface area contributed by atoms with E-state index >= 15 is 0 Å². The second kappa shape index (κ2) is 6.59. The van der Waals surface area contributed by atoms with Crippen molar-refractivity contribution in [1.29, 1.82) is 0 Å². The molecule has 0 unspecified atom stereocenters. The van der Waals surface area contributed by atoms with Crippen molar-refractivity contribution in [2.75, 3.05) is 25.2 Å². The molecule has 0 aliphatic heterocycles. The molecule has 0 aromatic carbocycles. The van der Waals surface area contributed by atoms with Crippen LogP contribution in [-0.2, 0) is 14.8 Å². The summed E-state index contributed by atoms with van der Waals surface area (Å²) in [5, 5.41) is 4.19. The van der Waals surface area contributed by atoms with Gasteiger partial charge in [0.15, 0.2) is 0 Å². The Morgan fingerprint density at radius 3 is 2.33 bits per heavy atom. The van der Waals surface area contributed by atoms with E-state index in [-0.39, 0.29) is 19.0 Å². The fraction of sp³-hybridized carbons (Fsp3) is 0.667. The monoisotopic (exact) mass is 257 g/mol. The number of halogens is 1. The van der Waals surface area contributed by atoms with Crippen LogP contribution < -0.4 is 15.4 Å². The molecule has 0 aromatic heterocycles. The quantitative estimate of drug-likeness (QED) is 0.416. The molecule has 0 rings (SSSR count). The predicted octanol–water partition coefficient (Wildman–Crippen LogP) is -1.40.